The molecular formula is C52H41N3. The predicted molar refractivity (Wildman–Crippen MR) is 229 cm³/mol. The fourth-order valence-electron chi connectivity index (χ4n) is 8.92. The molecule has 0 saturated heterocycles. The normalized spacial score (nSPS) is 14.1. The minimum Gasteiger partial charge on any atom is -0.309 e. The second-order valence-corrected chi connectivity index (χ2v) is 15.9. The lowest BCUT2D eigenvalue weighted by Gasteiger charge is -2.44. The molecule has 0 amide bonds. The molecule has 10 rings (SSSR count). The summed E-state index contributed by atoms with van der Waals surface area (Å²) < 4.78 is 2.38. The van der Waals surface area contributed by atoms with E-state index in [1.807, 2.05) is 24.3 Å². The Morgan fingerprint density at radius 1 is 0.364 bits per heavy atom. The molecule has 3 heteroatoms. The first-order valence-corrected chi connectivity index (χ1v) is 19.2. The van der Waals surface area contributed by atoms with Crippen LogP contribution in [0.2, 0.25) is 0 Å². The number of hydrogen-bond donors (Lipinski definition) is 0. The van der Waals surface area contributed by atoms with Gasteiger partial charge < -0.3 is 4.57 Å². The standard InChI is InChI=1S/C52H41N3/c1-51(2)43-28-25-38(47-33-46(34-16-8-5-9-17-34)53-50(54-47)35-18-10-6-11-19-35)32-45(43)52(3,4)42-27-24-37(31-44(42)51)36-26-29-49-41(30-36)40-22-14-15-23-48(40)55(49)39-20-12-7-13-21-39/h5-33H,1-4H3. The maximum atomic E-state index is 5.17. The smallest absolute Gasteiger partial charge is 0.160 e. The van der Waals surface area contributed by atoms with Gasteiger partial charge >= 0.3 is 0 Å². The third-order valence-electron chi connectivity index (χ3n) is 11.9. The molecule has 1 aliphatic rings. The van der Waals surface area contributed by atoms with E-state index < -0.39 is 0 Å². The van der Waals surface area contributed by atoms with Gasteiger partial charge in [0.15, 0.2) is 5.82 Å². The Bertz CT molecular complexity index is 2840. The highest BCUT2D eigenvalue weighted by atomic mass is 15.0. The van der Waals surface area contributed by atoms with Gasteiger partial charge in [0, 0.05) is 44.0 Å². The molecule has 0 spiro atoms. The molecular weight excluding hydrogens is 667 g/mol. The van der Waals surface area contributed by atoms with E-state index in [1.54, 1.807) is 0 Å². The molecule has 1 aliphatic carbocycles. The molecule has 0 unspecified atom stereocenters. The van der Waals surface area contributed by atoms with Gasteiger partial charge in [-0.25, -0.2) is 9.97 Å². The van der Waals surface area contributed by atoms with Crippen molar-refractivity contribution >= 4 is 21.8 Å². The van der Waals surface area contributed by atoms with E-state index in [9.17, 15) is 0 Å². The van der Waals surface area contributed by atoms with Gasteiger partial charge in [0.1, 0.15) is 0 Å². The average molecular weight is 708 g/mol. The summed E-state index contributed by atoms with van der Waals surface area (Å²) in [5.74, 6) is 0.731. The molecule has 264 valence electrons. The minimum absolute atomic E-state index is 0.210. The van der Waals surface area contributed by atoms with Crippen molar-refractivity contribution in [2.24, 2.45) is 0 Å². The summed E-state index contributed by atoms with van der Waals surface area (Å²) in [6, 6.07) is 63.4. The molecule has 2 aromatic heterocycles. The topological polar surface area (TPSA) is 30.7 Å². The molecule has 0 aliphatic heterocycles. The highest BCUT2D eigenvalue weighted by Crippen LogP contribution is 2.51. The molecule has 0 radical (unpaired) electrons. The summed E-state index contributed by atoms with van der Waals surface area (Å²) in [6.07, 6.45) is 0. The van der Waals surface area contributed by atoms with Crippen LogP contribution in [-0.2, 0) is 10.8 Å². The van der Waals surface area contributed by atoms with Crippen molar-refractivity contribution in [2.75, 3.05) is 0 Å². The first-order chi connectivity index (χ1) is 26.8. The SMILES string of the molecule is CC1(C)c2ccc(-c3cc(-c4ccccc4)nc(-c4ccccc4)n3)cc2C(C)(C)c2ccc(-c3ccc4c(c3)c3ccccc3n4-c3ccccc3)cc21. The molecule has 9 aromatic rings. The molecule has 0 saturated carbocycles. The quantitative estimate of drug-likeness (QED) is 0.178. The number of benzene rings is 7. The zero-order chi connectivity index (χ0) is 37.3. The fourth-order valence-corrected chi connectivity index (χ4v) is 8.92. The Balaban J connectivity index is 1.08. The van der Waals surface area contributed by atoms with Crippen LogP contribution in [0, 0.1) is 0 Å². The summed E-state index contributed by atoms with van der Waals surface area (Å²) in [7, 11) is 0. The van der Waals surface area contributed by atoms with Gasteiger partial charge in [0.05, 0.1) is 22.4 Å². The van der Waals surface area contributed by atoms with Crippen molar-refractivity contribution in [1.29, 1.82) is 0 Å². The monoisotopic (exact) mass is 707 g/mol. The first kappa shape index (κ1) is 33.0. The highest BCUT2D eigenvalue weighted by molar-refractivity contribution is 6.10. The molecule has 0 fully saturated rings. The van der Waals surface area contributed by atoms with E-state index >= 15 is 0 Å². The molecule has 2 heterocycles. The lowest BCUT2D eigenvalue weighted by molar-refractivity contribution is 0.521. The number of para-hydroxylation sites is 2. The van der Waals surface area contributed by atoms with Crippen LogP contribution in [0.1, 0.15) is 49.9 Å². The molecule has 3 nitrogen and oxygen atoms in total. The molecule has 7 aromatic carbocycles. The van der Waals surface area contributed by atoms with E-state index in [4.69, 9.17) is 9.97 Å². The average Bonchev–Trinajstić information content (AvgIpc) is 3.57. The number of nitrogens with zero attached hydrogens (tertiary/aromatic N) is 3. The van der Waals surface area contributed by atoms with Crippen LogP contribution in [0.3, 0.4) is 0 Å². The summed E-state index contributed by atoms with van der Waals surface area (Å²) in [5, 5.41) is 2.53. The molecule has 0 N–H and O–H groups in total. The summed E-state index contributed by atoms with van der Waals surface area (Å²) in [6.45, 7) is 9.51. The number of rotatable bonds is 5. The Labute approximate surface area is 322 Å². The Kier molecular flexibility index (Phi) is 7.50. The molecule has 0 atom stereocenters. The van der Waals surface area contributed by atoms with Crippen LogP contribution in [-0.4, -0.2) is 14.5 Å². The van der Waals surface area contributed by atoms with Gasteiger partial charge in [-0.15, -0.1) is 0 Å². The van der Waals surface area contributed by atoms with Crippen LogP contribution >= 0.6 is 0 Å². The van der Waals surface area contributed by atoms with E-state index in [0.29, 0.717) is 0 Å². The Morgan fingerprint density at radius 3 is 1.53 bits per heavy atom. The van der Waals surface area contributed by atoms with Crippen LogP contribution in [0.15, 0.2) is 176 Å². The molecule has 55 heavy (non-hydrogen) atoms. The van der Waals surface area contributed by atoms with Gasteiger partial charge in [-0.1, -0.05) is 155 Å². The number of hydrogen-bond acceptors (Lipinski definition) is 2. The summed E-state index contributed by atoms with van der Waals surface area (Å²) in [5.41, 5.74) is 16.1. The van der Waals surface area contributed by atoms with Crippen LogP contribution in [0.25, 0.3) is 72.5 Å². The van der Waals surface area contributed by atoms with Crippen LogP contribution < -0.4 is 0 Å². The predicted octanol–water partition coefficient (Wildman–Crippen LogP) is 13.2. The van der Waals surface area contributed by atoms with Gasteiger partial charge in [0.2, 0.25) is 0 Å². The van der Waals surface area contributed by atoms with Crippen molar-refractivity contribution in [1.82, 2.24) is 14.5 Å². The van der Waals surface area contributed by atoms with E-state index in [-0.39, 0.29) is 10.8 Å². The van der Waals surface area contributed by atoms with E-state index in [2.05, 4.69) is 184 Å². The Hall–Kier alpha value is -6.58. The lowest BCUT2D eigenvalue weighted by Crippen LogP contribution is -2.36. The second-order valence-electron chi connectivity index (χ2n) is 15.9. The van der Waals surface area contributed by atoms with Gasteiger partial charge in [-0.05, 0) is 81.9 Å². The Morgan fingerprint density at radius 2 is 0.855 bits per heavy atom. The van der Waals surface area contributed by atoms with Crippen LogP contribution in [0.4, 0.5) is 0 Å². The maximum Gasteiger partial charge on any atom is 0.160 e. The summed E-state index contributed by atoms with van der Waals surface area (Å²) >= 11 is 0. The van der Waals surface area contributed by atoms with Crippen molar-refractivity contribution in [2.45, 2.75) is 38.5 Å². The minimum atomic E-state index is -0.223. The maximum absolute atomic E-state index is 5.17. The first-order valence-electron chi connectivity index (χ1n) is 19.2. The zero-order valence-electron chi connectivity index (χ0n) is 31.6. The number of aromatic nitrogens is 3. The van der Waals surface area contributed by atoms with Gasteiger partial charge in [-0.2, -0.15) is 0 Å². The van der Waals surface area contributed by atoms with Crippen molar-refractivity contribution in [3.8, 4) is 50.7 Å². The number of fused-ring (bicyclic) bond motifs is 5. The highest BCUT2D eigenvalue weighted by Gasteiger charge is 2.42. The van der Waals surface area contributed by atoms with E-state index in [1.165, 1.54) is 60.9 Å². The van der Waals surface area contributed by atoms with Crippen molar-refractivity contribution in [3.05, 3.63) is 198 Å². The molecule has 0 bridgehead atoms. The summed E-state index contributed by atoms with van der Waals surface area (Å²) in [4.78, 5) is 10.2. The largest absolute Gasteiger partial charge is 0.309 e. The zero-order valence-corrected chi connectivity index (χ0v) is 31.6. The van der Waals surface area contributed by atoms with Gasteiger partial charge in [0.25, 0.3) is 0 Å². The van der Waals surface area contributed by atoms with Crippen molar-refractivity contribution in [3.63, 3.8) is 0 Å². The third kappa shape index (κ3) is 5.33. The van der Waals surface area contributed by atoms with Crippen LogP contribution in [0.5, 0.6) is 0 Å². The fraction of sp³-hybridized carbons (Fsp3) is 0.115. The lowest BCUT2D eigenvalue weighted by atomic mass is 9.59. The van der Waals surface area contributed by atoms with Gasteiger partial charge in [-0.3, -0.25) is 0 Å². The van der Waals surface area contributed by atoms with Crippen molar-refractivity contribution < 1.29 is 0 Å². The third-order valence-corrected chi connectivity index (χ3v) is 11.9. The van der Waals surface area contributed by atoms with E-state index in [0.717, 1.165) is 33.9 Å². The second kappa shape index (κ2) is 12.5.